The molecule has 1 amide bonds. The smallest absolute Gasteiger partial charge is 0.486 e. The standard InChI is InChI=1S/C21H26BNO4/c1-20(2)21(3,4)27-22(26-20)18(15-11-13-17(25-5)14-12-15)23-19(24)16-9-7-6-8-10-16/h6-14,18H,1-5H3,(H,23,24)/t18-/m0/s1. The molecule has 2 aromatic carbocycles. The number of carbonyl (C=O) groups is 1. The minimum Gasteiger partial charge on any atom is -0.497 e. The molecule has 3 rings (SSSR count). The number of carbonyl (C=O) groups excluding carboxylic acids is 1. The van der Waals surface area contributed by atoms with Crippen LogP contribution in [-0.2, 0) is 9.31 Å². The van der Waals surface area contributed by atoms with Crippen LogP contribution in [0.3, 0.4) is 0 Å². The Balaban J connectivity index is 1.90. The molecule has 1 saturated heterocycles. The van der Waals surface area contributed by atoms with Crippen LogP contribution < -0.4 is 10.1 Å². The van der Waals surface area contributed by atoms with Crippen LogP contribution >= 0.6 is 0 Å². The van der Waals surface area contributed by atoms with Gasteiger partial charge in [-0.3, -0.25) is 4.79 Å². The first-order valence-electron chi connectivity index (χ1n) is 9.09. The molecular formula is C21H26BNO4. The lowest BCUT2D eigenvalue weighted by atomic mass is 9.74. The summed E-state index contributed by atoms with van der Waals surface area (Å²) in [4.78, 5) is 12.8. The van der Waals surface area contributed by atoms with Crippen LogP contribution in [0.4, 0.5) is 0 Å². The highest BCUT2D eigenvalue weighted by Gasteiger charge is 2.54. The zero-order valence-corrected chi connectivity index (χ0v) is 16.5. The minimum absolute atomic E-state index is 0.175. The van der Waals surface area contributed by atoms with Crippen molar-refractivity contribution in [2.75, 3.05) is 7.11 Å². The number of rotatable bonds is 5. The van der Waals surface area contributed by atoms with Gasteiger partial charge in [0.1, 0.15) is 5.75 Å². The van der Waals surface area contributed by atoms with Gasteiger partial charge in [0, 0.05) is 5.56 Å². The number of benzene rings is 2. The van der Waals surface area contributed by atoms with Gasteiger partial charge in [-0.1, -0.05) is 30.3 Å². The number of hydrogen-bond donors (Lipinski definition) is 1. The lowest BCUT2D eigenvalue weighted by molar-refractivity contribution is 0.00578. The van der Waals surface area contributed by atoms with Crippen LogP contribution in [0.1, 0.15) is 49.6 Å². The van der Waals surface area contributed by atoms with E-state index >= 15 is 0 Å². The summed E-state index contributed by atoms with van der Waals surface area (Å²) in [6.45, 7) is 7.99. The molecule has 0 bridgehead atoms. The molecule has 1 N–H and O–H groups in total. The van der Waals surface area contributed by atoms with Crippen LogP contribution in [0, 0.1) is 0 Å². The Labute approximate surface area is 161 Å². The first-order valence-corrected chi connectivity index (χ1v) is 9.09. The Bertz CT molecular complexity index is 774. The van der Waals surface area contributed by atoms with Crippen molar-refractivity contribution < 1.29 is 18.8 Å². The van der Waals surface area contributed by atoms with Gasteiger partial charge in [0.15, 0.2) is 0 Å². The van der Waals surface area contributed by atoms with E-state index in [0.29, 0.717) is 5.56 Å². The topological polar surface area (TPSA) is 56.8 Å². The molecule has 1 heterocycles. The first-order chi connectivity index (χ1) is 12.7. The number of methoxy groups -OCH3 is 1. The van der Waals surface area contributed by atoms with Gasteiger partial charge in [-0.2, -0.15) is 0 Å². The van der Waals surface area contributed by atoms with E-state index in [1.807, 2.05) is 70.2 Å². The van der Waals surface area contributed by atoms with Gasteiger partial charge in [0.2, 0.25) is 0 Å². The molecule has 1 fully saturated rings. The van der Waals surface area contributed by atoms with Crippen molar-refractivity contribution in [1.29, 1.82) is 0 Å². The predicted octanol–water partition coefficient (Wildman–Crippen LogP) is 3.80. The second-order valence-electron chi connectivity index (χ2n) is 7.72. The van der Waals surface area contributed by atoms with Crippen LogP contribution in [0.15, 0.2) is 54.6 Å². The predicted molar refractivity (Wildman–Crippen MR) is 106 cm³/mol. The maximum atomic E-state index is 12.8. The zero-order chi connectivity index (χ0) is 19.7. The van der Waals surface area contributed by atoms with Gasteiger partial charge in [-0.25, -0.2) is 0 Å². The second kappa shape index (κ2) is 7.37. The summed E-state index contributed by atoms with van der Waals surface area (Å²) in [6.07, 6.45) is 0. The Morgan fingerprint density at radius 1 is 0.963 bits per heavy atom. The summed E-state index contributed by atoms with van der Waals surface area (Å²) in [5, 5.41) is 3.07. The summed E-state index contributed by atoms with van der Waals surface area (Å²) in [5.74, 6) is 0.122. The van der Waals surface area contributed by atoms with Gasteiger partial charge < -0.3 is 19.4 Å². The monoisotopic (exact) mass is 367 g/mol. The Morgan fingerprint density at radius 2 is 1.52 bits per heavy atom. The molecule has 2 aromatic rings. The summed E-state index contributed by atoms with van der Waals surface area (Å²) in [6, 6.07) is 16.7. The number of ether oxygens (including phenoxy) is 1. The van der Waals surface area contributed by atoms with Gasteiger partial charge >= 0.3 is 7.12 Å². The Kier molecular flexibility index (Phi) is 5.31. The normalized spacial score (nSPS) is 18.8. The van der Waals surface area contributed by atoms with E-state index in [1.54, 1.807) is 19.2 Å². The van der Waals surface area contributed by atoms with E-state index in [2.05, 4.69) is 5.32 Å². The minimum atomic E-state index is -0.601. The molecule has 0 saturated carbocycles. The summed E-state index contributed by atoms with van der Waals surface area (Å²) >= 11 is 0. The lowest BCUT2D eigenvalue weighted by Gasteiger charge is -2.32. The molecule has 6 heteroatoms. The molecule has 1 aliphatic heterocycles. The fraction of sp³-hybridized carbons (Fsp3) is 0.381. The van der Waals surface area contributed by atoms with E-state index in [9.17, 15) is 4.79 Å². The highest BCUT2D eigenvalue weighted by molar-refractivity contribution is 6.48. The molecule has 142 valence electrons. The Hall–Kier alpha value is -2.31. The number of amides is 1. The third-order valence-corrected chi connectivity index (χ3v) is 5.34. The average Bonchev–Trinajstić information content (AvgIpc) is 2.87. The van der Waals surface area contributed by atoms with Crippen molar-refractivity contribution in [2.24, 2.45) is 0 Å². The third-order valence-electron chi connectivity index (χ3n) is 5.34. The van der Waals surface area contributed by atoms with Crippen molar-refractivity contribution >= 4 is 13.0 Å². The van der Waals surface area contributed by atoms with Gasteiger partial charge in [-0.15, -0.1) is 0 Å². The molecule has 5 nitrogen and oxygen atoms in total. The van der Waals surface area contributed by atoms with E-state index < -0.39 is 24.3 Å². The van der Waals surface area contributed by atoms with Crippen molar-refractivity contribution in [3.05, 3.63) is 65.7 Å². The third kappa shape index (κ3) is 4.02. The molecule has 0 aliphatic carbocycles. The van der Waals surface area contributed by atoms with Crippen molar-refractivity contribution in [2.45, 2.75) is 44.8 Å². The Morgan fingerprint density at radius 3 is 2.04 bits per heavy atom. The van der Waals surface area contributed by atoms with Crippen molar-refractivity contribution in [3.63, 3.8) is 0 Å². The fourth-order valence-corrected chi connectivity index (χ4v) is 2.96. The zero-order valence-electron chi connectivity index (χ0n) is 16.5. The molecule has 27 heavy (non-hydrogen) atoms. The molecule has 0 unspecified atom stereocenters. The SMILES string of the molecule is COc1ccc([C@H](NC(=O)c2ccccc2)B2OC(C)(C)C(C)(C)O2)cc1. The number of hydrogen-bond acceptors (Lipinski definition) is 4. The highest BCUT2D eigenvalue weighted by Crippen LogP contribution is 2.40. The molecule has 1 atom stereocenters. The molecule has 0 radical (unpaired) electrons. The lowest BCUT2D eigenvalue weighted by Crippen LogP contribution is -2.41. The highest BCUT2D eigenvalue weighted by atomic mass is 16.7. The molecule has 1 aliphatic rings. The largest absolute Gasteiger partial charge is 0.497 e. The van der Waals surface area contributed by atoms with E-state index in [-0.39, 0.29) is 5.91 Å². The van der Waals surface area contributed by atoms with E-state index in [0.717, 1.165) is 11.3 Å². The molecule has 0 aromatic heterocycles. The average molecular weight is 367 g/mol. The molecule has 0 spiro atoms. The van der Waals surface area contributed by atoms with Crippen LogP contribution in [-0.4, -0.2) is 31.3 Å². The maximum Gasteiger partial charge on any atom is 0.486 e. The van der Waals surface area contributed by atoms with Gasteiger partial charge in [0.05, 0.1) is 24.3 Å². The maximum absolute atomic E-state index is 12.8. The van der Waals surface area contributed by atoms with E-state index in [1.165, 1.54) is 0 Å². The van der Waals surface area contributed by atoms with Crippen molar-refractivity contribution in [1.82, 2.24) is 5.32 Å². The summed E-state index contributed by atoms with van der Waals surface area (Å²) in [5.41, 5.74) is 0.505. The van der Waals surface area contributed by atoms with Crippen LogP contribution in [0.25, 0.3) is 0 Å². The summed E-state index contributed by atoms with van der Waals surface area (Å²) < 4.78 is 17.7. The quantitative estimate of drug-likeness (QED) is 0.817. The fourth-order valence-electron chi connectivity index (χ4n) is 2.96. The van der Waals surface area contributed by atoms with Crippen LogP contribution in [0.5, 0.6) is 5.75 Å². The van der Waals surface area contributed by atoms with Gasteiger partial charge in [-0.05, 0) is 57.5 Å². The van der Waals surface area contributed by atoms with Crippen molar-refractivity contribution in [3.8, 4) is 5.75 Å². The number of nitrogens with one attached hydrogen (secondary N) is 1. The summed E-state index contributed by atoms with van der Waals surface area (Å²) in [7, 11) is 1.02. The van der Waals surface area contributed by atoms with Crippen LogP contribution in [0.2, 0.25) is 0 Å². The first kappa shape index (κ1) is 19.5. The second-order valence-corrected chi connectivity index (χ2v) is 7.72. The van der Waals surface area contributed by atoms with Gasteiger partial charge in [0.25, 0.3) is 5.91 Å². The molecular weight excluding hydrogens is 341 g/mol. The van der Waals surface area contributed by atoms with E-state index in [4.69, 9.17) is 14.0 Å².